The van der Waals surface area contributed by atoms with Gasteiger partial charge in [-0.3, -0.25) is 4.79 Å². The number of nitrogens with zero attached hydrogens (tertiary/aromatic N) is 3. The number of esters is 1. The second-order valence-corrected chi connectivity index (χ2v) is 20.2. The summed E-state index contributed by atoms with van der Waals surface area (Å²) in [5.74, 6) is 0.228. The zero-order valence-corrected chi connectivity index (χ0v) is 33.4. The summed E-state index contributed by atoms with van der Waals surface area (Å²) in [6, 6.07) is 15.7. The Balaban J connectivity index is 0.953. The highest BCUT2D eigenvalue weighted by Crippen LogP contribution is 2.49. The summed E-state index contributed by atoms with van der Waals surface area (Å²) >= 11 is 1.60. The molecular weight excluding hydrogens is 723 g/mol. The lowest BCUT2D eigenvalue weighted by atomic mass is 9.90. The number of likely N-dealkylation sites (tertiary alicyclic amines) is 1. The molecule has 3 aliphatic heterocycles. The van der Waals surface area contributed by atoms with Crippen molar-refractivity contribution < 1.29 is 32.5 Å². The Morgan fingerprint density at radius 3 is 2.54 bits per heavy atom. The third-order valence-electron chi connectivity index (χ3n) is 12.8. The number of benzene rings is 2. The van der Waals surface area contributed by atoms with Crippen LogP contribution < -0.4 is 0 Å². The summed E-state index contributed by atoms with van der Waals surface area (Å²) in [5.41, 5.74) is 1.79. The fourth-order valence-corrected chi connectivity index (χ4v) is 12.8. The van der Waals surface area contributed by atoms with Crippen LogP contribution in [0.4, 0.5) is 0 Å². The van der Waals surface area contributed by atoms with Crippen molar-refractivity contribution in [1.29, 1.82) is 0 Å². The molecule has 0 radical (unpaired) electrons. The Hall–Kier alpha value is -2.45. The fourth-order valence-electron chi connectivity index (χ4n) is 9.95. The van der Waals surface area contributed by atoms with E-state index in [1.807, 2.05) is 50.2 Å². The van der Waals surface area contributed by atoms with Crippen molar-refractivity contribution in [3.8, 4) is 0 Å². The first-order valence-electron chi connectivity index (χ1n) is 20.4. The number of carbonyl (C=O) groups excluding carboxylic acids is 1. The molecule has 7 atom stereocenters. The van der Waals surface area contributed by atoms with Crippen molar-refractivity contribution >= 4 is 37.5 Å². The number of fused-ring (bicyclic) bond motifs is 2. The molecule has 3 aromatic rings. The van der Waals surface area contributed by atoms with Crippen LogP contribution in [0.15, 0.2) is 53.4 Å². The summed E-state index contributed by atoms with van der Waals surface area (Å²) in [4.78, 5) is 21.4. The van der Waals surface area contributed by atoms with E-state index in [0.717, 1.165) is 39.7 Å². The van der Waals surface area contributed by atoms with Gasteiger partial charge in [0.25, 0.3) is 0 Å². The normalized spacial score (nSPS) is 27.7. The maximum Gasteiger partial charge on any atom is 0.306 e. The van der Waals surface area contributed by atoms with Crippen LogP contribution in [0.1, 0.15) is 75.8 Å². The van der Waals surface area contributed by atoms with E-state index in [1.54, 1.807) is 23.5 Å². The minimum absolute atomic E-state index is 0.0183. The largest absolute Gasteiger partial charge is 0.462 e. The standard InChI is InChI=1S/C42H57N3O7S2/c1-27(2)23-45(54(48,49)33-12-13-36-38(22-33)53-39(43-36)19-29-14-16-44(17-15-29)32-10-6-7-11-32)24-37(46)30(18-28-8-4-3-5-9-28)21-40(47)52-41-31-20-34-35(41)26-51-42(34)50-25-31/h3-5,8-9,12-13,22,27,29-32,34-35,37,41-42,46H,6-7,10-11,14-21,23-26H2,1-2H3/t30-,31?,34?,35?,37-,41?,42?/m1/s1. The second-order valence-electron chi connectivity index (χ2n) is 17.1. The van der Waals surface area contributed by atoms with Crippen molar-refractivity contribution in [2.24, 2.45) is 35.5 Å². The molecule has 5 unspecified atom stereocenters. The van der Waals surface area contributed by atoms with Crippen LogP contribution in [0.25, 0.3) is 10.2 Å². The number of hydrogen-bond acceptors (Lipinski definition) is 10. The summed E-state index contributed by atoms with van der Waals surface area (Å²) in [7, 11) is -3.98. The number of thiazole rings is 1. The third-order valence-corrected chi connectivity index (χ3v) is 15.7. The van der Waals surface area contributed by atoms with Gasteiger partial charge >= 0.3 is 5.97 Å². The summed E-state index contributed by atoms with van der Waals surface area (Å²) in [6.07, 6.45) is 8.48. The number of hydrogen-bond donors (Lipinski definition) is 1. The molecule has 8 rings (SSSR count). The predicted molar refractivity (Wildman–Crippen MR) is 208 cm³/mol. The number of aromatic nitrogens is 1. The lowest BCUT2D eigenvalue weighted by Crippen LogP contribution is -2.43. The molecule has 1 N–H and O–H groups in total. The first-order valence-corrected chi connectivity index (χ1v) is 22.6. The van der Waals surface area contributed by atoms with E-state index in [-0.39, 0.29) is 66.4 Å². The second kappa shape index (κ2) is 16.6. The van der Waals surface area contributed by atoms with Crippen LogP contribution in [0.2, 0.25) is 0 Å². The number of sulfonamides is 1. The van der Waals surface area contributed by atoms with Gasteiger partial charge in [0.15, 0.2) is 6.29 Å². The number of piperidine rings is 1. The van der Waals surface area contributed by atoms with E-state index in [0.29, 0.717) is 25.6 Å². The van der Waals surface area contributed by atoms with Gasteiger partial charge in [0, 0.05) is 49.2 Å². The van der Waals surface area contributed by atoms with E-state index >= 15 is 0 Å². The molecular formula is C42H57N3O7S2. The molecule has 5 fully saturated rings. The van der Waals surface area contributed by atoms with Crippen LogP contribution >= 0.6 is 11.3 Å². The van der Waals surface area contributed by atoms with Crippen molar-refractivity contribution in [2.45, 2.75) is 107 Å². The lowest BCUT2D eigenvalue weighted by molar-refractivity contribution is -0.178. The zero-order chi connectivity index (χ0) is 37.4. The zero-order valence-electron chi connectivity index (χ0n) is 31.8. The van der Waals surface area contributed by atoms with Gasteiger partial charge in [0.2, 0.25) is 10.0 Å². The minimum atomic E-state index is -3.98. The Labute approximate surface area is 324 Å². The maximum atomic E-state index is 14.4. The van der Waals surface area contributed by atoms with Crippen molar-refractivity contribution in [3.05, 3.63) is 59.1 Å². The predicted octanol–water partition coefficient (Wildman–Crippen LogP) is 6.30. The van der Waals surface area contributed by atoms with E-state index in [1.165, 1.54) is 55.9 Å². The quantitative estimate of drug-likeness (QED) is 0.178. The van der Waals surface area contributed by atoms with Gasteiger partial charge in [-0.25, -0.2) is 13.4 Å². The highest BCUT2D eigenvalue weighted by atomic mass is 32.2. The summed E-state index contributed by atoms with van der Waals surface area (Å²) in [5, 5.41) is 12.9. The van der Waals surface area contributed by atoms with Crippen LogP contribution in [0, 0.1) is 35.5 Å². The Kier molecular flexibility index (Phi) is 11.8. The van der Waals surface area contributed by atoms with Crippen LogP contribution in [0.5, 0.6) is 0 Å². The molecule has 5 aliphatic rings. The van der Waals surface area contributed by atoms with Gasteiger partial charge in [-0.05, 0) is 87.2 Å². The molecule has 2 aromatic carbocycles. The molecule has 3 saturated heterocycles. The van der Waals surface area contributed by atoms with Crippen molar-refractivity contribution in [1.82, 2.24) is 14.2 Å². The van der Waals surface area contributed by atoms with Gasteiger partial charge in [0.1, 0.15) is 6.10 Å². The maximum absolute atomic E-state index is 14.4. The monoisotopic (exact) mass is 779 g/mol. The molecule has 1 aromatic heterocycles. The number of carbonyl (C=O) groups is 1. The summed E-state index contributed by atoms with van der Waals surface area (Å²) in [6.45, 7) is 7.44. The molecule has 0 amide bonds. The smallest absolute Gasteiger partial charge is 0.306 e. The van der Waals surface area contributed by atoms with Gasteiger partial charge in [-0.1, -0.05) is 57.0 Å². The van der Waals surface area contributed by atoms with Crippen molar-refractivity contribution in [2.75, 3.05) is 39.4 Å². The van der Waals surface area contributed by atoms with E-state index < -0.39 is 22.0 Å². The molecule has 0 spiro atoms. The average Bonchev–Trinajstić information content (AvgIpc) is 3.96. The molecule has 2 bridgehead atoms. The first-order chi connectivity index (χ1) is 26.1. The van der Waals surface area contributed by atoms with E-state index in [4.69, 9.17) is 19.2 Å². The number of ether oxygens (including phenoxy) is 3. The van der Waals surface area contributed by atoms with Gasteiger partial charge in [-0.2, -0.15) is 4.31 Å². The number of aliphatic hydroxyl groups excluding tert-OH is 1. The summed E-state index contributed by atoms with van der Waals surface area (Å²) < 4.78 is 48.9. The molecule has 2 aliphatic carbocycles. The molecule has 2 saturated carbocycles. The molecule has 294 valence electrons. The first kappa shape index (κ1) is 38.4. The minimum Gasteiger partial charge on any atom is -0.462 e. The van der Waals surface area contributed by atoms with Crippen LogP contribution in [-0.4, -0.2) is 97.6 Å². The highest BCUT2D eigenvalue weighted by molar-refractivity contribution is 7.89. The van der Waals surface area contributed by atoms with E-state index in [9.17, 15) is 18.3 Å². The number of rotatable bonds is 15. The molecule has 10 nitrogen and oxygen atoms in total. The Bertz CT molecular complexity index is 1840. The van der Waals surface area contributed by atoms with E-state index in [2.05, 4.69) is 4.90 Å². The van der Waals surface area contributed by atoms with Crippen LogP contribution in [0.3, 0.4) is 0 Å². The van der Waals surface area contributed by atoms with Gasteiger partial charge in [-0.15, -0.1) is 11.3 Å². The Morgan fingerprint density at radius 2 is 1.78 bits per heavy atom. The SMILES string of the molecule is CC(C)CN(C[C@@H](O)[C@@H](CC(=O)OC1C2COC3OCC1C3C2)Cc1ccccc1)S(=O)(=O)c1ccc2nc(CC3CCN(C4CCCC4)CC3)sc2c1. The molecule has 54 heavy (non-hydrogen) atoms. The lowest BCUT2D eigenvalue weighted by Gasteiger charge is -2.35. The van der Waals surface area contributed by atoms with Crippen molar-refractivity contribution in [3.63, 3.8) is 0 Å². The average molecular weight is 780 g/mol. The topological polar surface area (TPSA) is 118 Å². The van der Waals surface area contributed by atoms with Gasteiger partial charge < -0.3 is 24.2 Å². The third kappa shape index (κ3) is 8.45. The van der Waals surface area contributed by atoms with Crippen LogP contribution in [-0.2, 0) is 41.9 Å². The fraction of sp³-hybridized carbons (Fsp3) is 0.667. The highest BCUT2D eigenvalue weighted by Gasteiger charge is 2.56. The molecule has 4 heterocycles. The molecule has 12 heteroatoms. The van der Waals surface area contributed by atoms with Gasteiger partial charge in [0.05, 0.1) is 45.9 Å². The number of aliphatic hydroxyl groups is 1. The Morgan fingerprint density at radius 1 is 1.02 bits per heavy atom.